The van der Waals surface area contributed by atoms with E-state index in [0.717, 1.165) is 28.2 Å². The molecule has 136 valence electrons. The van der Waals surface area contributed by atoms with Crippen LogP contribution in [0.5, 0.6) is 0 Å². The third-order valence-electron chi connectivity index (χ3n) is 4.85. The van der Waals surface area contributed by atoms with Crippen molar-refractivity contribution in [1.29, 1.82) is 0 Å². The minimum Gasteiger partial charge on any atom is -0.347 e. The lowest BCUT2D eigenvalue weighted by Crippen LogP contribution is -2.30. The van der Waals surface area contributed by atoms with Gasteiger partial charge in [-0.3, -0.25) is 9.69 Å². The number of thiocarbonyl (C=S) groups is 1. The molecule has 0 unspecified atom stereocenters. The van der Waals surface area contributed by atoms with E-state index >= 15 is 0 Å². The van der Waals surface area contributed by atoms with Gasteiger partial charge in [-0.2, -0.15) is 5.10 Å². The molecule has 1 fully saturated rings. The van der Waals surface area contributed by atoms with Crippen LogP contribution >= 0.6 is 12.2 Å². The number of rotatable bonds is 4. The lowest BCUT2D eigenvalue weighted by molar-refractivity contribution is -0.127. The van der Waals surface area contributed by atoms with Crippen LogP contribution < -0.4 is 5.32 Å². The van der Waals surface area contributed by atoms with Crippen LogP contribution in [0.15, 0.2) is 60.7 Å². The number of carbonyl (C=O) groups is 1. The van der Waals surface area contributed by atoms with E-state index in [0.29, 0.717) is 11.7 Å². The summed E-state index contributed by atoms with van der Waals surface area (Å²) in [6.45, 7) is 4.38. The molecular weight excluding hydrogens is 356 g/mol. The molecule has 0 radical (unpaired) electrons. The molecule has 1 aliphatic heterocycles. The van der Waals surface area contributed by atoms with Crippen molar-refractivity contribution >= 4 is 23.2 Å². The van der Waals surface area contributed by atoms with Crippen molar-refractivity contribution in [2.45, 2.75) is 26.4 Å². The first-order chi connectivity index (χ1) is 13.1. The number of para-hydroxylation sites is 1. The first-order valence-electron chi connectivity index (χ1n) is 8.83. The lowest BCUT2D eigenvalue weighted by atomic mass is 10.0. The SMILES string of the molecule is Cc1nn(-c2ccccc2)c(C)c1[C@H]1NC(=S)N(Cc2ccccc2)C1=O. The summed E-state index contributed by atoms with van der Waals surface area (Å²) in [5.74, 6) is -0.0392. The molecule has 0 saturated carbocycles. The summed E-state index contributed by atoms with van der Waals surface area (Å²) in [4.78, 5) is 14.7. The molecule has 5 nitrogen and oxygen atoms in total. The molecule has 1 N–H and O–H groups in total. The number of amides is 1. The fourth-order valence-corrected chi connectivity index (χ4v) is 3.80. The Balaban J connectivity index is 1.66. The van der Waals surface area contributed by atoms with Crippen molar-refractivity contribution in [2.75, 3.05) is 0 Å². The maximum atomic E-state index is 13.1. The molecule has 1 saturated heterocycles. The van der Waals surface area contributed by atoms with Gasteiger partial charge in [0.05, 0.1) is 17.9 Å². The quantitative estimate of drug-likeness (QED) is 0.709. The van der Waals surface area contributed by atoms with Crippen LogP contribution in [0.1, 0.15) is 28.6 Å². The van der Waals surface area contributed by atoms with Gasteiger partial charge in [-0.05, 0) is 43.8 Å². The van der Waals surface area contributed by atoms with E-state index in [-0.39, 0.29) is 5.91 Å². The zero-order valence-corrected chi connectivity index (χ0v) is 16.0. The summed E-state index contributed by atoms with van der Waals surface area (Å²) in [5.41, 5.74) is 4.67. The van der Waals surface area contributed by atoms with Crippen molar-refractivity contribution in [3.63, 3.8) is 0 Å². The first kappa shape index (κ1) is 17.4. The Kier molecular flexibility index (Phi) is 4.49. The second-order valence-corrected chi connectivity index (χ2v) is 7.01. The predicted molar refractivity (Wildman–Crippen MR) is 109 cm³/mol. The Morgan fingerprint density at radius 1 is 1.04 bits per heavy atom. The second-order valence-electron chi connectivity index (χ2n) is 6.62. The van der Waals surface area contributed by atoms with E-state index in [1.54, 1.807) is 4.90 Å². The highest BCUT2D eigenvalue weighted by Crippen LogP contribution is 2.29. The maximum Gasteiger partial charge on any atom is 0.256 e. The van der Waals surface area contributed by atoms with Crippen LogP contribution in [0.25, 0.3) is 5.69 Å². The summed E-state index contributed by atoms with van der Waals surface area (Å²) < 4.78 is 1.88. The van der Waals surface area contributed by atoms with Gasteiger partial charge in [0.25, 0.3) is 5.91 Å². The van der Waals surface area contributed by atoms with Gasteiger partial charge in [0.1, 0.15) is 6.04 Å². The van der Waals surface area contributed by atoms with E-state index < -0.39 is 6.04 Å². The number of benzene rings is 2. The monoisotopic (exact) mass is 376 g/mol. The van der Waals surface area contributed by atoms with Gasteiger partial charge in [-0.15, -0.1) is 0 Å². The summed E-state index contributed by atoms with van der Waals surface area (Å²) >= 11 is 5.45. The molecule has 1 amide bonds. The molecule has 2 heterocycles. The zero-order chi connectivity index (χ0) is 19.0. The summed E-state index contributed by atoms with van der Waals surface area (Å²) in [5, 5.41) is 8.31. The predicted octanol–water partition coefficient (Wildman–Crippen LogP) is 3.45. The molecule has 2 aromatic carbocycles. The number of hydrogen-bond donors (Lipinski definition) is 1. The van der Waals surface area contributed by atoms with Crippen LogP contribution in [-0.4, -0.2) is 25.7 Å². The molecule has 1 aromatic heterocycles. The molecule has 27 heavy (non-hydrogen) atoms. The Morgan fingerprint density at radius 3 is 2.33 bits per heavy atom. The van der Waals surface area contributed by atoms with E-state index in [9.17, 15) is 4.79 Å². The average Bonchev–Trinajstić information content (AvgIpc) is 3.13. The number of aryl methyl sites for hydroxylation is 1. The topological polar surface area (TPSA) is 50.2 Å². The molecular formula is C21H20N4OS. The van der Waals surface area contributed by atoms with Crippen LogP contribution in [-0.2, 0) is 11.3 Å². The van der Waals surface area contributed by atoms with Gasteiger partial charge in [0, 0.05) is 11.3 Å². The average molecular weight is 376 g/mol. The van der Waals surface area contributed by atoms with Gasteiger partial charge in [0.15, 0.2) is 5.11 Å². The summed E-state index contributed by atoms with van der Waals surface area (Å²) in [7, 11) is 0. The lowest BCUT2D eigenvalue weighted by Gasteiger charge is -2.15. The highest BCUT2D eigenvalue weighted by atomic mass is 32.1. The van der Waals surface area contributed by atoms with Gasteiger partial charge in [-0.25, -0.2) is 4.68 Å². The van der Waals surface area contributed by atoms with E-state index in [2.05, 4.69) is 10.4 Å². The largest absolute Gasteiger partial charge is 0.347 e. The molecule has 0 spiro atoms. The van der Waals surface area contributed by atoms with Gasteiger partial charge in [-0.1, -0.05) is 48.5 Å². The summed E-state index contributed by atoms with van der Waals surface area (Å²) in [6.07, 6.45) is 0. The molecule has 3 aromatic rings. The van der Waals surface area contributed by atoms with Crippen LogP contribution in [0.4, 0.5) is 0 Å². The van der Waals surface area contributed by atoms with E-state index in [4.69, 9.17) is 12.2 Å². The minimum atomic E-state index is -0.501. The Bertz CT molecular complexity index is 998. The van der Waals surface area contributed by atoms with Gasteiger partial charge >= 0.3 is 0 Å². The van der Waals surface area contributed by atoms with Crippen LogP contribution in [0, 0.1) is 13.8 Å². The standard InChI is InChI=1S/C21H20N4OS/c1-14-18(15(2)25(23-14)17-11-7-4-8-12-17)19-20(26)24(21(27)22-19)13-16-9-5-3-6-10-16/h3-12,19H,13H2,1-2H3,(H,22,27)/t19-/m1/s1. The molecule has 1 aliphatic rings. The Hall–Kier alpha value is -2.99. The number of nitrogens with one attached hydrogen (secondary N) is 1. The zero-order valence-electron chi connectivity index (χ0n) is 15.2. The normalized spacial score (nSPS) is 16.7. The third-order valence-corrected chi connectivity index (χ3v) is 5.18. The molecule has 6 heteroatoms. The highest BCUT2D eigenvalue weighted by molar-refractivity contribution is 7.80. The number of nitrogens with zero attached hydrogens (tertiary/aromatic N) is 3. The highest BCUT2D eigenvalue weighted by Gasteiger charge is 2.39. The summed E-state index contributed by atoms with van der Waals surface area (Å²) in [6, 6.07) is 19.3. The van der Waals surface area contributed by atoms with Crippen molar-refractivity contribution in [2.24, 2.45) is 0 Å². The van der Waals surface area contributed by atoms with Crippen molar-refractivity contribution in [1.82, 2.24) is 20.0 Å². The second kappa shape index (κ2) is 6.96. The Labute approximate surface area is 163 Å². The van der Waals surface area contributed by atoms with Crippen molar-refractivity contribution < 1.29 is 4.79 Å². The Morgan fingerprint density at radius 2 is 1.67 bits per heavy atom. The van der Waals surface area contributed by atoms with Crippen LogP contribution in [0.2, 0.25) is 0 Å². The minimum absolute atomic E-state index is 0.0392. The molecule has 0 aliphatic carbocycles. The first-order valence-corrected chi connectivity index (χ1v) is 9.24. The maximum absolute atomic E-state index is 13.1. The van der Waals surface area contributed by atoms with Gasteiger partial charge < -0.3 is 5.32 Å². The number of hydrogen-bond acceptors (Lipinski definition) is 3. The number of carbonyl (C=O) groups excluding carboxylic acids is 1. The van der Waals surface area contributed by atoms with Crippen molar-refractivity contribution in [3.05, 3.63) is 83.2 Å². The molecule has 1 atom stereocenters. The van der Waals surface area contributed by atoms with Gasteiger partial charge in [0.2, 0.25) is 0 Å². The van der Waals surface area contributed by atoms with E-state index in [1.165, 1.54) is 0 Å². The third kappa shape index (κ3) is 3.13. The van der Waals surface area contributed by atoms with Crippen molar-refractivity contribution in [3.8, 4) is 5.69 Å². The fourth-order valence-electron chi connectivity index (χ4n) is 3.52. The molecule has 4 rings (SSSR count). The van der Waals surface area contributed by atoms with E-state index in [1.807, 2.05) is 79.2 Å². The fraction of sp³-hybridized carbons (Fsp3) is 0.190. The van der Waals surface area contributed by atoms with Crippen LogP contribution in [0.3, 0.4) is 0 Å². The smallest absolute Gasteiger partial charge is 0.256 e. The molecule has 0 bridgehead atoms. The number of aromatic nitrogens is 2.